The molecule has 2 rings (SSSR count). The highest BCUT2D eigenvalue weighted by molar-refractivity contribution is 5.85. The number of alkyl carbamates (subject to hydrolysis) is 1. The Morgan fingerprint density at radius 1 is 1.32 bits per heavy atom. The summed E-state index contributed by atoms with van der Waals surface area (Å²) >= 11 is 0. The summed E-state index contributed by atoms with van der Waals surface area (Å²) in [6.45, 7) is 7.21. The molecule has 22 heavy (non-hydrogen) atoms. The molecule has 1 aromatic rings. The molecule has 0 unspecified atom stereocenters. The lowest BCUT2D eigenvalue weighted by Gasteiger charge is -2.26. The lowest BCUT2D eigenvalue weighted by atomic mass is 10.2. The van der Waals surface area contributed by atoms with Gasteiger partial charge in [-0.3, -0.25) is 4.79 Å². The first-order valence-corrected chi connectivity index (χ1v) is 7.59. The van der Waals surface area contributed by atoms with Crippen LogP contribution in [0.4, 0.5) is 4.79 Å². The predicted octanol–water partition coefficient (Wildman–Crippen LogP) is 1.40. The van der Waals surface area contributed by atoms with Crippen molar-refractivity contribution < 1.29 is 14.3 Å². The Morgan fingerprint density at radius 2 is 2.00 bits per heavy atom. The van der Waals surface area contributed by atoms with E-state index in [1.165, 1.54) is 0 Å². The van der Waals surface area contributed by atoms with Crippen LogP contribution in [0.3, 0.4) is 0 Å². The summed E-state index contributed by atoms with van der Waals surface area (Å²) in [5.74, 6) is -0.0722. The van der Waals surface area contributed by atoms with E-state index in [4.69, 9.17) is 4.74 Å². The van der Waals surface area contributed by atoms with Crippen LogP contribution in [0.15, 0.2) is 18.7 Å². The Labute approximate surface area is 130 Å². The Bertz CT molecular complexity index is 501. The van der Waals surface area contributed by atoms with Gasteiger partial charge in [0.2, 0.25) is 5.91 Å². The quantitative estimate of drug-likeness (QED) is 0.912. The van der Waals surface area contributed by atoms with Gasteiger partial charge in [-0.05, 0) is 33.6 Å². The van der Waals surface area contributed by atoms with Crippen molar-refractivity contribution >= 4 is 12.0 Å². The molecular weight excluding hydrogens is 284 g/mol. The van der Waals surface area contributed by atoms with E-state index < -0.39 is 17.7 Å². The molecule has 0 aliphatic carbocycles. The molecule has 7 heteroatoms. The highest BCUT2D eigenvalue weighted by atomic mass is 16.6. The van der Waals surface area contributed by atoms with Crippen LogP contribution in [0.1, 0.15) is 33.6 Å². The minimum atomic E-state index is -0.651. The summed E-state index contributed by atoms with van der Waals surface area (Å²) in [6, 6.07) is -0.651. The fourth-order valence-electron chi connectivity index (χ4n) is 2.40. The second-order valence-corrected chi connectivity index (χ2v) is 6.49. The van der Waals surface area contributed by atoms with Gasteiger partial charge in [-0.15, -0.1) is 0 Å². The Kier molecular flexibility index (Phi) is 5.05. The maximum Gasteiger partial charge on any atom is 0.408 e. The monoisotopic (exact) mass is 308 g/mol. The number of carbonyl (C=O) groups excluding carboxylic acids is 2. The van der Waals surface area contributed by atoms with Crippen molar-refractivity contribution in [2.45, 2.75) is 51.8 Å². The summed E-state index contributed by atoms with van der Waals surface area (Å²) in [6.07, 6.45) is 6.48. The third-order valence-corrected chi connectivity index (χ3v) is 3.36. The van der Waals surface area contributed by atoms with Gasteiger partial charge in [-0.2, -0.15) is 0 Å². The number of amides is 2. The number of hydrogen-bond donors (Lipinski definition) is 1. The molecular formula is C15H24N4O3. The minimum absolute atomic E-state index is 0.0722. The minimum Gasteiger partial charge on any atom is -0.444 e. The molecule has 7 nitrogen and oxygen atoms in total. The van der Waals surface area contributed by atoms with Gasteiger partial charge < -0.3 is 19.5 Å². The summed E-state index contributed by atoms with van der Waals surface area (Å²) < 4.78 is 7.03. The molecule has 1 saturated heterocycles. The smallest absolute Gasteiger partial charge is 0.408 e. The van der Waals surface area contributed by atoms with Gasteiger partial charge in [0.1, 0.15) is 11.6 Å². The van der Waals surface area contributed by atoms with Gasteiger partial charge >= 0.3 is 6.09 Å². The first kappa shape index (κ1) is 16.3. The van der Waals surface area contributed by atoms with Gasteiger partial charge in [0.05, 0.1) is 12.9 Å². The Morgan fingerprint density at radius 3 is 2.55 bits per heavy atom. The fraction of sp³-hybridized carbons (Fsp3) is 0.667. The van der Waals surface area contributed by atoms with Crippen LogP contribution in [0.2, 0.25) is 0 Å². The van der Waals surface area contributed by atoms with Crippen LogP contribution in [-0.4, -0.2) is 51.2 Å². The normalized spacial score (nSPS) is 16.4. The molecule has 1 atom stereocenters. The van der Waals surface area contributed by atoms with Crippen molar-refractivity contribution in [2.75, 3.05) is 13.1 Å². The number of carbonyl (C=O) groups is 2. The molecule has 0 bridgehead atoms. The molecule has 1 N–H and O–H groups in total. The number of imidazole rings is 1. The number of likely N-dealkylation sites (tertiary alicyclic amines) is 1. The first-order valence-electron chi connectivity index (χ1n) is 7.59. The van der Waals surface area contributed by atoms with Gasteiger partial charge in [-0.25, -0.2) is 9.78 Å². The second-order valence-electron chi connectivity index (χ2n) is 6.49. The standard InChI is InChI=1S/C15H24N4O3/c1-15(2,3)22-14(21)17-12(10-18-9-6-16-11-18)13(20)19-7-4-5-8-19/h6,9,11-12H,4-5,7-8,10H2,1-3H3,(H,17,21)/t12-/m0/s1. The van der Waals surface area contributed by atoms with Gasteiger partial charge in [0.15, 0.2) is 0 Å². The van der Waals surface area contributed by atoms with E-state index >= 15 is 0 Å². The molecule has 0 saturated carbocycles. The first-order chi connectivity index (χ1) is 10.3. The zero-order valence-electron chi connectivity index (χ0n) is 13.4. The molecule has 2 amide bonds. The number of aromatic nitrogens is 2. The zero-order chi connectivity index (χ0) is 16.2. The summed E-state index contributed by atoms with van der Waals surface area (Å²) in [4.78, 5) is 30.3. The largest absolute Gasteiger partial charge is 0.444 e. The number of ether oxygens (including phenoxy) is 1. The third-order valence-electron chi connectivity index (χ3n) is 3.36. The van der Waals surface area contributed by atoms with Crippen molar-refractivity contribution in [3.63, 3.8) is 0 Å². The summed E-state index contributed by atoms with van der Waals surface area (Å²) in [5, 5.41) is 2.69. The molecule has 2 heterocycles. The van der Waals surface area contributed by atoms with Gasteiger partial charge in [0.25, 0.3) is 0 Å². The number of nitrogens with one attached hydrogen (secondary N) is 1. The van der Waals surface area contributed by atoms with Gasteiger partial charge in [0, 0.05) is 25.5 Å². The molecule has 0 radical (unpaired) electrons. The highest BCUT2D eigenvalue weighted by Crippen LogP contribution is 2.11. The van der Waals surface area contributed by atoms with E-state index in [-0.39, 0.29) is 5.91 Å². The van der Waals surface area contributed by atoms with Crippen molar-refractivity contribution in [3.8, 4) is 0 Å². The molecule has 1 aliphatic heterocycles. The molecule has 0 spiro atoms. The van der Waals surface area contributed by atoms with Crippen LogP contribution in [-0.2, 0) is 16.1 Å². The fourth-order valence-corrected chi connectivity index (χ4v) is 2.40. The number of rotatable bonds is 4. The van der Waals surface area contributed by atoms with E-state index in [1.54, 1.807) is 49.0 Å². The SMILES string of the molecule is CC(C)(C)OC(=O)N[C@@H](Cn1ccnc1)C(=O)N1CCCC1. The maximum absolute atomic E-state index is 12.6. The maximum atomic E-state index is 12.6. The topological polar surface area (TPSA) is 76.5 Å². The average molecular weight is 308 g/mol. The van der Waals surface area contributed by atoms with Crippen LogP contribution in [0, 0.1) is 0 Å². The van der Waals surface area contributed by atoms with E-state index in [1.807, 2.05) is 0 Å². The number of hydrogen-bond acceptors (Lipinski definition) is 4. The lowest BCUT2D eigenvalue weighted by molar-refractivity contribution is -0.132. The average Bonchev–Trinajstić information content (AvgIpc) is 3.08. The van der Waals surface area contributed by atoms with Crippen molar-refractivity contribution in [1.82, 2.24) is 19.8 Å². The zero-order valence-corrected chi connectivity index (χ0v) is 13.4. The Balaban J connectivity index is 2.03. The molecule has 1 fully saturated rings. The van der Waals surface area contributed by atoms with E-state index in [9.17, 15) is 9.59 Å². The summed E-state index contributed by atoms with van der Waals surface area (Å²) in [7, 11) is 0. The molecule has 1 aromatic heterocycles. The third kappa shape index (κ3) is 4.75. The van der Waals surface area contributed by atoms with Gasteiger partial charge in [-0.1, -0.05) is 0 Å². The van der Waals surface area contributed by atoms with Crippen LogP contribution in [0.25, 0.3) is 0 Å². The second kappa shape index (κ2) is 6.81. The van der Waals surface area contributed by atoms with Crippen molar-refractivity contribution in [1.29, 1.82) is 0 Å². The van der Waals surface area contributed by atoms with Crippen LogP contribution in [0.5, 0.6) is 0 Å². The van der Waals surface area contributed by atoms with Crippen LogP contribution < -0.4 is 5.32 Å². The van der Waals surface area contributed by atoms with Crippen molar-refractivity contribution in [3.05, 3.63) is 18.7 Å². The van der Waals surface area contributed by atoms with E-state index in [2.05, 4.69) is 10.3 Å². The summed E-state index contributed by atoms with van der Waals surface area (Å²) in [5.41, 5.74) is -0.597. The highest BCUT2D eigenvalue weighted by Gasteiger charge is 2.29. The van der Waals surface area contributed by atoms with Crippen molar-refractivity contribution in [2.24, 2.45) is 0 Å². The lowest BCUT2D eigenvalue weighted by Crippen LogP contribution is -2.50. The number of nitrogens with zero attached hydrogens (tertiary/aromatic N) is 3. The predicted molar refractivity (Wildman–Crippen MR) is 81.2 cm³/mol. The van der Waals surface area contributed by atoms with E-state index in [0.29, 0.717) is 6.54 Å². The molecule has 1 aliphatic rings. The van der Waals surface area contributed by atoms with E-state index in [0.717, 1.165) is 25.9 Å². The van der Waals surface area contributed by atoms with Crippen LogP contribution >= 0.6 is 0 Å². The molecule has 0 aromatic carbocycles. The Hall–Kier alpha value is -2.05. The molecule has 122 valence electrons.